The summed E-state index contributed by atoms with van der Waals surface area (Å²) in [6.07, 6.45) is 0. The number of benzene rings is 1. The van der Waals surface area contributed by atoms with Crippen LogP contribution in [0.3, 0.4) is 0 Å². The van der Waals surface area contributed by atoms with Crippen molar-refractivity contribution in [3.05, 3.63) is 45.1 Å². The Bertz CT molecular complexity index is 602. The number of hydrogen-bond acceptors (Lipinski definition) is 3. The zero-order chi connectivity index (χ0) is 13.3. The number of hydrogen-bond donors (Lipinski definition) is 2. The Morgan fingerprint density at radius 3 is 2.44 bits per heavy atom. The highest BCUT2D eigenvalue weighted by Crippen LogP contribution is 2.23. The van der Waals surface area contributed by atoms with Gasteiger partial charge < -0.3 is 11.1 Å². The molecule has 0 aliphatic heterocycles. The predicted molar refractivity (Wildman–Crippen MR) is 77.3 cm³/mol. The molecule has 0 saturated carbocycles. The lowest BCUT2D eigenvalue weighted by molar-refractivity contribution is 0.102. The molecule has 3 nitrogen and oxygen atoms in total. The zero-order valence-electron chi connectivity index (χ0n) is 10.7. The van der Waals surface area contributed by atoms with Gasteiger partial charge in [-0.3, -0.25) is 4.79 Å². The van der Waals surface area contributed by atoms with Crippen molar-refractivity contribution < 1.29 is 4.79 Å². The monoisotopic (exact) mass is 260 g/mol. The average molecular weight is 260 g/mol. The van der Waals surface area contributed by atoms with Crippen molar-refractivity contribution in [3.8, 4) is 0 Å². The van der Waals surface area contributed by atoms with E-state index in [0.29, 0.717) is 5.69 Å². The molecule has 0 saturated heterocycles. The molecule has 18 heavy (non-hydrogen) atoms. The van der Waals surface area contributed by atoms with Crippen molar-refractivity contribution >= 4 is 28.6 Å². The molecule has 0 aliphatic rings. The van der Waals surface area contributed by atoms with E-state index in [1.54, 1.807) is 0 Å². The van der Waals surface area contributed by atoms with Gasteiger partial charge in [0.1, 0.15) is 0 Å². The second-order valence-corrected chi connectivity index (χ2v) is 5.19. The molecule has 1 aromatic carbocycles. The Morgan fingerprint density at radius 1 is 1.11 bits per heavy atom. The topological polar surface area (TPSA) is 55.1 Å². The van der Waals surface area contributed by atoms with Crippen molar-refractivity contribution in [2.45, 2.75) is 20.8 Å². The average Bonchev–Trinajstić information content (AvgIpc) is 2.72. The van der Waals surface area contributed by atoms with E-state index in [0.717, 1.165) is 27.9 Å². The number of carbonyl (C=O) groups excluding carboxylic acids is 1. The van der Waals surface area contributed by atoms with E-state index >= 15 is 0 Å². The maximum atomic E-state index is 12.1. The van der Waals surface area contributed by atoms with Gasteiger partial charge in [-0.25, -0.2) is 0 Å². The first-order chi connectivity index (χ1) is 8.49. The Kier molecular flexibility index (Phi) is 3.39. The zero-order valence-corrected chi connectivity index (χ0v) is 11.5. The minimum absolute atomic E-state index is 0.0832. The Hall–Kier alpha value is -1.81. The molecular formula is C14H16N2OS. The summed E-state index contributed by atoms with van der Waals surface area (Å²) in [4.78, 5) is 12.1. The molecule has 94 valence electrons. The van der Waals surface area contributed by atoms with E-state index in [-0.39, 0.29) is 5.91 Å². The molecule has 0 aliphatic carbocycles. The summed E-state index contributed by atoms with van der Waals surface area (Å²) in [6, 6.07) is 3.79. The molecule has 0 fully saturated rings. The number of carbonyl (C=O) groups is 1. The van der Waals surface area contributed by atoms with Gasteiger partial charge in [-0.15, -0.1) is 0 Å². The lowest BCUT2D eigenvalue weighted by Gasteiger charge is -2.11. The summed E-state index contributed by atoms with van der Waals surface area (Å²) < 4.78 is 0. The van der Waals surface area contributed by atoms with Crippen LogP contribution >= 0.6 is 11.3 Å². The van der Waals surface area contributed by atoms with Crippen LogP contribution in [-0.4, -0.2) is 5.91 Å². The summed E-state index contributed by atoms with van der Waals surface area (Å²) in [6.45, 7) is 5.85. The van der Waals surface area contributed by atoms with Gasteiger partial charge in [0.15, 0.2) is 0 Å². The lowest BCUT2D eigenvalue weighted by atomic mass is 10.1. The molecule has 4 heteroatoms. The van der Waals surface area contributed by atoms with Crippen LogP contribution in [0.4, 0.5) is 11.4 Å². The number of thiophene rings is 1. The Morgan fingerprint density at radius 2 is 1.83 bits per heavy atom. The number of anilines is 2. The van der Waals surface area contributed by atoms with Crippen LogP contribution in [0.15, 0.2) is 22.9 Å². The molecular weight excluding hydrogens is 244 g/mol. The van der Waals surface area contributed by atoms with Gasteiger partial charge in [0, 0.05) is 16.8 Å². The first kappa shape index (κ1) is 12.6. The fourth-order valence-corrected chi connectivity index (χ4v) is 2.61. The van der Waals surface area contributed by atoms with Gasteiger partial charge in [0.25, 0.3) is 5.91 Å². The molecule has 1 heterocycles. The highest BCUT2D eigenvalue weighted by molar-refractivity contribution is 7.08. The van der Waals surface area contributed by atoms with Crippen molar-refractivity contribution in [1.29, 1.82) is 0 Å². The van der Waals surface area contributed by atoms with E-state index in [4.69, 9.17) is 5.73 Å². The van der Waals surface area contributed by atoms with Gasteiger partial charge >= 0.3 is 0 Å². The van der Waals surface area contributed by atoms with Gasteiger partial charge in [0.05, 0.1) is 5.56 Å². The first-order valence-corrected chi connectivity index (χ1v) is 6.64. The van der Waals surface area contributed by atoms with Crippen LogP contribution in [0.5, 0.6) is 0 Å². The Labute approximate surface area is 111 Å². The van der Waals surface area contributed by atoms with E-state index in [9.17, 15) is 4.79 Å². The summed E-state index contributed by atoms with van der Waals surface area (Å²) in [5.41, 5.74) is 11.1. The highest BCUT2D eigenvalue weighted by atomic mass is 32.1. The summed E-state index contributed by atoms with van der Waals surface area (Å²) in [5.74, 6) is -0.0832. The van der Waals surface area contributed by atoms with Crippen molar-refractivity contribution in [2.75, 3.05) is 11.1 Å². The van der Waals surface area contributed by atoms with Gasteiger partial charge in [-0.1, -0.05) is 6.07 Å². The molecule has 0 unspecified atom stereocenters. The van der Waals surface area contributed by atoms with Gasteiger partial charge in [-0.2, -0.15) is 11.3 Å². The number of amides is 1. The molecule has 1 aromatic heterocycles. The molecule has 2 aromatic rings. The SMILES string of the molecule is Cc1cc(C)c(NC(=O)c2cscc2C)cc1N. The minimum Gasteiger partial charge on any atom is -0.398 e. The smallest absolute Gasteiger partial charge is 0.256 e. The fourth-order valence-electron chi connectivity index (χ4n) is 1.79. The third kappa shape index (κ3) is 2.38. The van der Waals surface area contributed by atoms with Crippen LogP contribution in [0, 0.1) is 20.8 Å². The van der Waals surface area contributed by atoms with Gasteiger partial charge in [-0.05, 0) is 48.9 Å². The fraction of sp³-hybridized carbons (Fsp3) is 0.214. The number of aryl methyl sites for hydroxylation is 3. The largest absolute Gasteiger partial charge is 0.398 e. The quantitative estimate of drug-likeness (QED) is 0.812. The molecule has 3 N–H and O–H groups in total. The number of nitrogens with one attached hydrogen (secondary N) is 1. The summed E-state index contributed by atoms with van der Waals surface area (Å²) in [7, 11) is 0. The van der Waals surface area contributed by atoms with Crippen molar-refractivity contribution in [2.24, 2.45) is 0 Å². The van der Waals surface area contributed by atoms with Crippen LogP contribution in [0.25, 0.3) is 0 Å². The standard InChI is InChI=1S/C14H16N2OS/c1-8-4-9(2)13(5-12(8)15)16-14(17)11-7-18-6-10(11)3/h4-7H,15H2,1-3H3,(H,16,17). The highest BCUT2D eigenvalue weighted by Gasteiger charge is 2.11. The van der Waals surface area contributed by atoms with Crippen molar-refractivity contribution in [1.82, 2.24) is 0 Å². The summed E-state index contributed by atoms with van der Waals surface area (Å²) in [5, 5.41) is 6.73. The van der Waals surface area contributed by atoms with Crippen molar-refractivity contribution in [3.63, 3.8) is 0 Å². The molecule has 0 atom stereocenters. The first-order valence-electron chi connectivity index (χ1n) is 5.70. The van der Waals surface area contributed by atoms with Crippen LogP contribution in [0.1, 0.15) is 27.0 Å². The van der Waals surface area contributed by atoms with Gasteiger partial charge in [0.2, 0.25) is 0 Å². The molecule has 2 rings (SSSR count). The van der Waals surface area contributed by atoms with Crippen LogP contribution < -0.4 is 11.1 Å². The van der Waals surface area contributed by atoms with Crippen LogP contribution in [0.2, 0.25) is 0 Å². The van der Waals surface area contributed by atoms with E-state index in [1.807, 2.05) is 43.7 Å². The molecule has 0 spiro atoms. The third-order valence-corrected chi connectivity index (χ3v) is 3.82. The predicted octanol–water partition coefficient (Wildman–Crippen LogP) is 3.51. The number of rotatable bonds is 2. The molecule has 0 bridgehead atoms. The minimum atomic E-state index is -0.0832. The maximum Gasteiger partial charge on any atom is 0.256 e. The normalized spacial score (nSPS) is 10.4. The molecule has 1 amide bonds. The summed E-state index contributed by atoms with van der Waals surface area (Å²) >= 11 is 1.53. The lowest BCUT2D eigenvalue weighted by Crippen LogP contribution is -2.13. The van der Waals surface area contributed by atoms with E-state index < -0.39 is 0 Å². The number of nitrogen functional groups attached to an aromatic ring is 1. The second-order valence-electron chi connectivity index (χ2n) is 4.45. The van der Waals surface area contributed by atoms with E-state index in [1.165, 1.54) is 11.3 Å². The third-order valence-electron chi connectivity index (χ3n) is 2.96. The van der Waals surface area contributed by atoms with E-state index in [2.05, 4.69) is 5.32 Å². The van der Waals surface area contributed by atoms with Crippen LogP contribution in [-0.2, 0) is 0 Å². The number of nitrogens with two attached hydrogens (primary N) is 1. The Balaban J connectivity index is 2.28. The second kappa shape index (κ2) is 4.82. The maximum absolute atomic E-state index is 12.1. The molecule has 0 radical (unpaired) electrons.